The molecule has 0 bridgehead atoms. The summed E-state index contributed by atoms with van der Waals surface area (Å²) in [5.41, 5.74) is 1.03. The first-order chi connectivity index (χ1) is 11.6. The lowest BCUT2D eigenvalue weighted by atomic mass is 10.0. The highest BCUT2D eigenvalue weighted by Gasteiger charge is 2.28. The maximum Gasteiger partial charge on any atom is 0.244 e. The number of nitrogens with zero attached hydrogens (tertiary/aromatic N) is 2. The first kappa shape index (κ1) is 17.1. The van der Waals surface area contributed by atoms with Gasteiger partial charge in [0.2, 0.25) is 5.91 Å². The molecule has 24 heavy (non-hydrogen) atoms. The molecule has 1 aliphatic rings. The van der Waals surface area contributed by atoms with Crippen LogP contribution in [0.5, 0.6) is 0 Å². The molecule has 2 atom stereocenters. The van der Waals surface area contributed by atoms with Crippen LogP contribution in [0.15, 0.2) is 36.5 Å². The fourth-order valence-electron chi connectivity index (χ4n) is 3.16. The second kappa shape index (κ2) is 7.90. The number of piperidine rings is 1. The van der Waals surface area contributed by atoms with E-state index in [1.165, 1.54) is 11.3 Å². The molecular formula is C19H25N3OS. The lowest BCUT2D eigenvalue weighted by Gasteiger charge is -2.32. The number of likely N-dealkylation sites (tertiary alicyclic amines) is 1. The minimum Gasteiger partial charge on any atom is -0.341 e. The summed E-state index contributed by atoms with van der Waals surface area (Å²) in [6.45, 7) is 5.86. The number of nitrogens with one attached hydrogen (secondary N) is 1. The van der Waals surface area contributed by atoms with Gasteiger partial charge in [-0.2, -0.15) is 0 Å². The van der Waals surface area contributed by atoms with Crippen molar-refractivity contribution in [2.24, 2.45) is 0 Å². The number of aryl methyl sites for hydroxylation is 1. The van der Waals surface area contributed by atoms with Crippen molar-refractivity contribution in [3.8, 4) is 0 Å². The van der Waals surface area contributed by atoms with Gasteiger partial charge in [0.25, 0.3) is 0 Å². The van der Waals surface area contributed by atoms with Crippen molar-refractivity contribution in [2.75, 3.05) is 13.1 Å². The molecule has 1 aromatic heterocycles. The molecule has 0 saturated carbocycles. The Morgan fingerprint density at radius 2 is 1.92 bits per heavy atom. The fourth-order valence-corrected chi connectivity index (χ4v) is 3.96. The van der Waals surface area contributed by atoms with Gasteiger partial charge < -0.3 is 4.90 Å². The van der Waals surface area contributed by atoms with Gasteiger partial charge >= 0.3 is 0 Å². The number of aromatic nitrogens is 1. The predicted octanol–water partition coefficient (Wildman–Crippen LogP) is 3.86. The lowest BCUT2D eigenvalue weighted by molar-refractivity contribution is -0.134. The summed E-state index contributed by atoms with van der Waals surface area (Å²) >= 11 is 1.68. The number of amides is 1. The molecule has 1 saturated heterocycles. The third-order valence-electron chi connectivity index (χ3n) is 4.53. The van der Waals surface area contributed by atoms with Crippen LogP contribution >= 0.6 is 11.3 Å². The average molecular weight is 343 g/mol. The third kappa shape index (κ3) is 4.02. The standard InChI is InChI=1S/C19H25N3OS/c1-14(17-13-20-15(2)24-17)21-18(16-9-5-3-6-10-16)19(23)22-11-7-4-8-12-22/h3,5-6,9-10,13-14,18,21H,4,7-8,11-12H2,1-2H3. The van der Waals surface area contributed by atoms with E-state index in [0.717, 1.165) is 36.5 Å². The van der Waals surface area contributed by atoms with Crippen LogP contribution < -0.4 is 5.32 Å². The van der Waals surface area contributed by atoms with E-state index in [0.29, 0.717) is 0 Å². The molecular weight excluding hydrogens is 318 g/mol. The van der Waals surface area contributed by atoms with Crippen LogP contribution in [0.25, 0.3) is 0 Å². The maximum absolute atomic E-state index is 13.1. The van der Waals surface area contributed by atoms with Gasteiger partial charge in [0.1, 0.15) is 6.04 Å². The van der Waals surface area contributed by atoms with Crippen molar-refractivity contribution >= 4 is 17.2 Å². The Labute approximate surface area is 147 Å². The highest BCUT2D eigenvalue weighted by molar-refractivity contribution is 7.11. The molecule has 0 aliphatic carbocycles. The Morgan fingerprint density at radius 3 is 2.54 bits per heavy atom. The Morgan fingerprint density at radius 1 is 1.21 bits per heavy atom. The van der Waals surface area contributed by atoms with Gasteiger partial charge in [-0.1, -0.05) is 30.3 Å². The molecule has 0 spiro atoms. The van der Waals surface area contributed by atoms with Crippen LogP contribution in [0.4, 0.5) is 0 Å². The fraction of sp³-hybridized carbons (Fsp3) is 0.474. The topological polar surface area (TPSA) is 45.2 Å². The number of benzene rings is 1. The van der Waals surface area contributed by atoms with Crippen LogP contribution in [0.3, 0.4) is 0 Å². The van der Waals surface area contributed by atoms with E-state index in [1.54, 1.807) is 11.3 Å². The average Bonchev–Trinajstić information content (AvgIpc) is 3.07. The van der Waals surface area contributed by atoms with Gasteiger partial charge in [0.15, 0.2) is 0 Å². The number of hydrogen-bond donors (Lipinski definition) is 1. The summed E-state index contributed by atoms with van der Waals surface area (Å²) in [7, 11) is 0. The largest absolute Gasteiger partial charge is 0.341 e. The summed E-state index contributed by atoms with van der Waals surface area (Å²) in [6.07, 6.45) is 5.35. The van der Waals surface area contributed by atoms with E-state index in [-0.39, 0.29) is 18.0 Å². The second-order valence-electron chi connectivity index (χ2n) is 6.40. The third-order valence-corrected chi connectivity index (χ3v) is 5.63. The normalized spacial score (nSPS) is 17.5. The maximum atomic E-state index is 13.1. The summed E-state index contributed by atoms with van der Waals surface area (Å²) < 4.78 is 0. The first-order valence-electron chi connectivity index (χ1n) is 8.67. The van der Waals surface area contributed by atoms with Gasteiger partial charge in [-0.25, -0.2) is 4.98 Å². The van der Waals surface area contributed by atoms with Crippen LogP contribution in [0.1, 0.15) is 53.7 Å². The van der Waals surface area contributed by atoms with Gasteiger partial charge in [0.05, 0.1) is 5.01 Å². The number of rotatable bonds is 5. The molecule has 5 heteroatoms. The van der Waals surface area contributed by atoms with E-state index < -0.39 is 0 Å². The van der Waals surface area contributed by atoms with Crippen LogP contribution in [0.2, 0.25) is 0 Å². The number of carbonyl (C=O) groups is 1. The Balaban J connectivity index is 1.80. The van der Waals surface area contributed by atoms with Gasteiger partial charge in [0, 0.05) is 30.2 Å². The molecule has 2 unspecified atom stereocenters. The molecule has 1 aliphatic heterocycles. The SMILES string of the molecule is Cc1ncc(C(C)NC(C(=O)N2CCCCC2)c2ccccc2)s1. The summed E-state index contributed by atoms with van der Waals surface area (Å²) in [6, 6.07) is 9.83. The van der Waals surface area contributed by atoms with Crippen molar-refractivity contribution in [3.05, 3.63) is 52.0 Å². The predicted molar refractivity (Wildman–Crippen MR) is 98.0 cm³/mol. The molecule has 128 valence electrons. The minimum absolute atomic E-state index is 0.0927. The molecule has 1 aromatic carbocycles. The molecule has 2 aromatic rings. The zero-order valence-electron chi connectivity index (χ0n) is 14.4. The zero-order chi connectivity index (χ0) is 16.9. The molecule has 1 fully saturated rings. The van der Waals surface area contributed by atoms with E-state index in [1.807, 2.05) is 48.4 Å². The van der Waals surface area contributed by atoms with E-state index in [4.69, 9.17) is 0 Å². The van der Waals surface area contributed by atoms with Crippen molar-refractivity contribution in [1.82, 2.24) is 15.2 Å². The minimum atomic E-state index is -0.304. The number of hydrogen-bond acceptors (Lipinski definition) is 4. The Hall–Kier alpha value is -1.72. The van der Waals surface area contributed by atoms with Crippen LogP contribution in [0, 0.1) is 6.92 Å². The second-order valence-corrected chi connectivity index (χ2v) is 7.67. The smallest absolute Gasteiger partial charge is 0.244 e. The van der Waals surface area contributed by atoms with Gasteiger partial charge in [-0.15, -0.1) is 11.3 Å². The van der Waals surface area contributed by atoms with Gasteiger partial charge in [-0.3, -0.25) is 10.1 Å². The molecule has 3 rings (SSSR count). The highest BCUT2D eigenvalue weighted by atomic mass is 32.1. The van der Waals surface area contributed by atoms with Crippen LogP contribution in [-0.2, 0) is 4.79 Å². The molecule has 2 heterocycles. The monoisotopic (exact) mass is 343 g/mol. The molecule has 1 amide bonds. The van der Waals surface area contributed by atoms with E-state index in [2.05, 4.69) is 17.2 Å². The van der Waals surface area contributed by atoms with E-state index in [9.17, 15) is 4.79 Å². The van der Waals surface area contributed by atoms with Crippen molar-refractivity contribution in [3.63, 3.8) is 0 Å². The van der Waals surface area contributed by atoms with Gasteiger partial charge in [-0.05, 0) is 38.7 Å². The lowest BCUT2D eigenvalue weighted by Crippen LogP contribution is -2.43. The molecule has 4 nitrogen and oxygen atoms in total. The van der Waals surface area contributed by atoms with E-state index >= 15 is 0 Å². The van der Waals surface area contributed by atoms with Crippen molar-refractivity contribution in [2.45, 2.75) is 45.2 Å². The molecule has 1 N–H and O–H groups in total. The quantitative estimate of drug-likeness (QED) is 0.897. The number of carbonyl (C=O) groups excluding carboxylic acids is 1. The first-order valence-corrected chi connectivity index (χ1v) is 9.49. The number of thiazole rings is 1. The summed E-state index contributed by atoms with van der Waals surface area (Å²) in [4.78, 5) is 20.6. The highest BCUT2D eigenvalue weighted by Crippen LogP contribution is 2.26. The molecule has 0 radical (unpaired) electrons. The van der Waals surface area contributed by atoms with Crippen molar-refractivity contribution < 1.29 is 4.79 Å². The Kier molecular flexibility index (Phi) is 5.63. The van der Waals surface area contributed by atoms with Crippen molar-refractivity contribution in [1.29, 1.82) is 0 Å². The Bertz CT molecular complexity index is 664. The summed E-state index contributed by atoms with van der Waals surface area (Å²) in [5.74, 6) is 0.189. The zero-order valence-corrected chi connectivity index (χ0v) is 15.2. The summed E-state index contributed by atoms with van der Waals surface area (Å²) in [5, 5.41) is 4.59. The van der Waals surface area contributed by atoms with Crippen LogP contribution in [-0.4, -0.2) is 28.9 Å².